The summed E-state index contributed by atoms with van der Waals surface area (Å²) in [5.41, 5.74) is 0.713. The zero-order valence-electron chi connectivity index (χ0n) is 8.05. The van der Waals surface area contributed by atoms with Crippen molar-refractivity contribution in [3.05, 3.63) is 35.6 Å². The lowest BCUT2D eigenvalue weighted by Crippen LogP contribution is -2.22. The molecule has 16 heavy (non-hydrogen) atoms. The Morgan fingerprint density at radius 3 is 2.75 bits per heavy atom. The van der Waals surface area contributed by atoms with Crippen LogP contribution in [0.25, 0.3) is 0 Å². The first kappa shape index (κ1) is 10.4. The number of hydrogen-bond acceptors (Lipinski definition) is 4. The van der Waals surface area contributed by atoms with Crippen LogP contribution in [-0.4, -0.2) is 16.9 Å². The van der Waals surface area contributed by atoms with Gasteiger partial charge in [0.15, 0.2) is 10.7 Å². The van der Waals surface area contributed by atoms with Gasteiger partial charge in [0.2, 0.25) is 0 Å². The van der Waals surface area contributed by atoms with Crippen molar-refractivity contribution in [2.75, 3.05) is 0 Å². The van der Waals surface area contributed by atoms with E-state index in [1.807, 2.05) is 18.2 Å². The lowest BCUT2D eigenvalue weighted by Gasteiger charge is -2.17. The Morgan fingerprint density at radius 2 is 2.06 bits per heavy atom. The van der Waals surface area contributed by atoms with E-state index in [1.165, 1.54) is 0 Å². The van der Waals surface area contributed by atoms with E-state index in [2.05, 4.69) is 9.98 Å². The molecule has 0 radical (unpaired) electrons. The van der Waals surface area contributed by atoms with Gasteiger partial charge in [0.1, 0.15) is 23.9 Å². The number of allylic oxidation sites excluding steroid dienone is 4. The molecule has 2 rings (SSSR count). The molecule has 0 N–H and O–H groups in total. The molecule has 0 spiro atoms. The summed E-state index contributed by atoms with van der Waals surface area (Å²) in [6.45, 7) is 0. The van der Waals surface area contributed by atoms with Crippen LogP contribution in [0.4, 0.5) is 0 Å². The average molecular weight is 229 g/mol. The highest BCUT2D eigenvalue weighted by Crippen LogP contribution is 2.21. The summed E-state index contributed by atoms with van der Waals surface area (Å²) in [5.74, 6) is 0. The first-order chi connectivity index (χ1) is 7.76. The molecular formula is C11H5ClN4. The quantitative estimate of drug-likeness (QED) is 0.594. The molecule has 0 aromatic carbocycles. The predicted molar refractivity (Wildman–Crippen MR) is 61.0 cm³/mol. The van der Waals surface area contributed by atoms with E-state index in [9.17, 15) is 0 Å². The second-order valence-corrected chi connectivity index (χ2v) is 3.45. The maximum atomic E-state index is 8.75. The van der Waals surface area contributed by atoms with Crippen molar-refractivity contribution in [2.24, 2.45) is 9.98 Å². The second-order valence-electron chi connectivity index (χ2n) is 3.09. The minimum Gasteiger partial charge on any atom is -0.257 e. The van der Waals surface area contributed by atoms with Gasteiger partial charge in [-0.15, -0.1) is 0 Å². The number of rotatable bonds is 0. The van der Waals surface area contributed by atoms with Gasteiger partial charge in [0.25, 0.3) is 0 Å². The van der Waals surface area contributed by atoms with E-state index in [0.717, 1.165) is 0 Å². The first-order valence-corrected chi connectivity index (χ1v) is 4.85. The molecule has 0 saturated carbocycles. The molecule has 0 aromatic heterocycles. The van der Waals surface area contributed by atoms with Gasteiger partial charge in [-0.3, -0.25) is 4.99 Å². The number of nitriles is 2. The van der Waals surface area contributed by atoms with Crippen LogP contribution in [0.2, 0.25) is 0 Å². The molecule has 1 aliphatic heterocycles. The van der Waals surface area contributed by atoms with Gasteiger partial charge < -0.3 is 0 Å². The summed E-state index contributed by atoms with van der Waals surface area (Å²) >= 11 is 5.88. The zero-order chi connectivity index (χ0) is 11.5. The maximum absolute atomic E-state index is 8.75. The highest BCUT2D eigenvalue weighted by atomic mass is 35.5. The molecule has 0 aromatic rings. The first-order valence-electron chi connectivity index (χ1n) is 4.48. The van der Waals surface area contributed by atoms with Crippen LogP contribution < -0.4 is 0 Å². The van der Waals surface area contributed by atoms with Crippen molar-refractivity contribution >= 4 is 22.5 Å². The molecule has 1 atom stereocenters. The SMILES string of the molecule is N#CC(C#N)=C1N=C2C=CC=CC2N=C1Cl. The van der Waals surface area contributed by atoms with Crippen molar-refractivity contribution in [2.45, 2.75) is 6.04 Å². The smallest absolute Gasteiger partial charge is 0.158 e. The van der Waals surface area contributed by atoms with Crippen LogP contribution in [0, 0.1) is 22.7 Å². The molecule has 0 amide bonds. The highest BCUT2D eigenvalue weighted by Gasteiger charge is 2.22. The molecule has 2 aliphatic rings. The van der Waals surface area contributed by atoms with Gasteiger partial charge in [-0.2, -0.15) is 10.5 Å². The monoisotopic (exact) mass is 228 g/mol. The third-order valence-corrected chi connectivity index (χ3v) is 2.40. The summed E-state index contributed by atoms with van der Waals surface area (Å²) in [6, 6.07) is 3.29. The molecule has 0 saturated heterocycles. The maximum Gasteiger partial charge on any atom is 0.158 e. The lowest BCUT2D eigenvalue weighted by atomic mass is 10.1. The molecule has 76 valence electrons. The number of nitrogens with zero attached hydrogens (tertiary/aromatic N) is 4. The number of aliphatic imine (C=N–C) groups is 2. The average Bonchev–Trinajstić information content (AvgIpc) is 2.31. The Hall–Kier alpha value is -2.17. The normalized spacial score (nSPS) is 21.4. The standard InChI is InChI=1S/C11H5ClN4/c12-11-10(7(5-13)6-14)15-8-3-1-2-4-9(8)16-11/h1-4,9H. The molecule has 1 aliphatic carbocycles. The molecule has 4 nitrogen and oxygen atoms in total. The third-order valence-electron chi connectivity index (χ3n) is 2.12. The highest BCUT2D eigenvalue weighted by molar-refractivity contribution is 6.70. The van der Waals surface area contributed by atoms with Gasteiger partial charge in [0, 0.05) is 0 Å². The minimum absolute atomic E-state index is 0.104. The van der Waals surface area contributed by atoms with Crippen molar-refractivity contribution in [3.63, 3.8) is 0 Å². The van der Waals surface area contributed by atoms with Crippen LogP contribution in [0.5, 0.6) is 0 Å². The fourth-order valence-electron chi connectivity index (χ4n) is 1.38. The van der Waals surface area contributed by atoms with Gasteiger partial charge in [-0.1, -0.05) is 29.8 Å². The lowest BCUT2D eigenvalue weighted by molar-refractivity contribution is 1.05. The number of hydrogen-bond donors (Lipinski definition) is 0. The van der Waals surface area contributed by atoms with Crippen LogP contribution >= 0.6 is 11.6 Å². The van der Waals surface area contributed by atoms with Crippen LogP contribution in [0.1, 0.15) is 0 Å². The Kier molecular flexibility index (Phi) is 2.68. The van der Waals surface area contributed by atoms with E-state index in [-0.39, 0.29) is 22.5 Å². The fraction of sp³-hybridized carbons (Fsp3) is 0.0909. The summed E-state index contributed by atoms with van der Waals surface area (Å²) in [4.78, 5) is 8.33. The van der Waals surface area contributed by atoms with E-state index in [4.69, 9.17) is 22.1 Å². The topological polar surface area (TPSA) is 72.3 Å². The Balaban J connectivity index is 2.55. The van der Waals surface area contributed by atoms with Crippen LogP contribution in [0.15, 0.2) is 45.6 Å². The largest absolute Gasteiger partial charge is 0.257 e. The molecule has 0 fully saturated rings. The summed E-state index contributed by atoms with van der Waals surface area (Å²) in [7, 11) is 0. The molecule has 0 bridgehead atoms. The third kappa shape index (κ3) is 1.67. The van der Waals surface area contributed by atoms with Crippen molar-refractivity contribution in [1.29, 1.82) is 10.5 Å². The fourth-order valence-corrected chi connectivity index (χ4v) is 1.62. The van der Waals surface area contributed by atoms with Crippen molar-refractivity contribution < 1.29 is 0 Å². The second kappa shape index (κ2) is 4.14. The molecule has 1 heterocycles. The predicted octanol–water partition coefficient (Wildman–Crippen LogP) is 1.87. The summed E-state index contributed by atoms with van der Waals surface area (Å²) in [6.07, 6.45) is 7.29. The van der Waals surface area contributed by atoms with Gasteiger partial charge >= 0.3 is 0 Å². The Bertz CT molecular complexity index is 548. The van der Waals surface area contributed by atoms with Crippen molar-refractivity contribution in [1.82, 2.24) is 0 Å². The number of halogens is 1. The molecular weight excluding hydrogens is 224 g/mol. The number of fused-ring (bicyclic) bond motifs is 1. The van der Waals surface area contributed by atoms with Crippen LogP contribution in [0.3, 0.4) is 0 Å². The van der Waals surface area contributed by atoms with Crippen molar-refractivity contribution in [3.8, 4) is 12.1 Å². The van der Waals surface area contributed by atoms with Gasteiger partial charge in [-0.05, 0) is 6.08 Å². The summed E-state index contributed by atoms with van der Waals surface area (Å²) in [5, 5.41) is 17.6. The molecule has 5 heteroatoms. The van der Waals surface area contributed by atoms with Gasteiger partial charge in [0.05, 0.1) is 5.71 Å². The van der Waals surface area contributed by atoms with E-state index in [1.54, 1.807) is 18.2 Å². The summed E-state index contributed by atoms with van der Waals surface area (Å²) < 4.78 is 0. The van der Waals surface area contributed by atoms with E-state index >= 15 is 0 Å². The van der Waals surface area contributed by atoms with Crippen LogP contribution in [-0.2, 0) is 0 Å². The van der Waals surface area contributed by atoms with E-state index in [0.29, 0.717) is 5.71 Å². The Labute approximate surface area is 97.2 Å². The Morgan fingerprint density at radius 1 is 1.31 bits per heavy atom. The van der Waals surface area contributed by atoms with Gasteiger partial charge in [-0.25, -0.2) is 4.99 Å². The minimum atomic E-state index is -0.208. The van der Waals surface area contributed by atoms with E-state index < -0.39 is 0 Å². The zero-order valence-corrected chi connectivity index (χ0v) is 8.81. The molecule has 1 unspecified atom stereocenters.